The SMILES string of the molecule is CNCCN=NC=N.[2HH].[B]. The van der Waals surface area contributed by atoms with Crippen LogP contribution in [0.15, 0.2) is 10.2 Å². The molecule has 0 aromatic carbocycles. The van der Waals surface area contributed by atoms with Gasteiger partial charge in [0.05, 0.1) is 6.54 Å². The summed E-state index contributed by atoms with van der Waals surface area (Å²) >= 11 is 0. The molecule has 0 heterocycles. The Labute approximate surface area is 58.3 Å². The number of hydrogen-bond donors (Lipinski definition) is 2. The first-order valence-corrected chi connectivity index (χ1v) is 2.42. The minimum absolute atomic E-state index is 0. The number of hydrogen-bond acceptors (Lipinski definition) is 3. The van der Waals surface area contributed by atoms with Crippen LogP contribution in [0.4, 0.5) is 0 Å². The highest BCUT2D eigenvalue weighted by Gasteiger charge is 1.73. The molecule has 0 aromatic rings. The summed E-state index contributed by atoms with van der Waals surface area (Å²) in [5, 5.41) is 16.3. The maximum Gasteiger partial charge on any atom is 0.129 e. The molecule has 0 aromatic heterocycles. The Morgan fingerprint density at radius 2 is 2.44 bits per heavy atom. The lowest BCUT2D eigenvalue weighted by Crippen LogP contribution is -2.09. The van der Waals surface area contributed by atoms with Crippen molar-refractivity contribution in [2.24, 2.45) is 10.2 Å². The number of rotatable bonds is 4. The van der Waals surface area contributed by atoms with Gasteiger partial charge in [-0.05, 0) is 7.05 Å². The maximum absolute atomic E-state index is 6.43. The molecular formula is C4H12BN4. The summed E-state index contributed by atoms with van der Waals surface area (Å²) < 4.78 is 0. The third kappa shape index (κ3) is 11.1. The molecule has 0 fully saturated rings. The molecule has 0 saturated carbocycles. The highest BCUT2D eigenvalue weighted by molar-refractivity contribution is 5.75. The van der Waals surface area contributed by atoms with Crippen molar-refractivity contribution in [2.75, 3.05) is 20.1 Å². The smallest absolute Gasteiger partial charge is 0.129 e. The van der Waals surface area contributed by atoms with Crippen molar-refractivity contribution in [3.63, 3.8) is 0 Å². The monoisotopic (exact) mass is 128 g/mol. The molecule has 51 valence electrons. The van der Waals surface area contributed by atoms with Gasteiger partial charge in [-0.15, -0.1) is 5.11 Å². The van der Waals surface area contributed by atoms with Crippen LogP contribution in [0.5, 0.6) is 0 Å². The zero-order valence-electron chi connectivity index (χ0n) is 5.46. The Hall–Kier alpha value is -0.705. The zero-order valence-corrected chi connectivity index (χ0v) is 5.46. The Morgan fingerprint density at radius 1 is 1.78 bits per heavy atom. The van der Waals surface area contributed by atoms with Crippen LogP contribution in [0.1, 0.15) is 1.43 Å². The van der Waals surface area contributed by atoms with E-state index in [1.54, 1.807) is 0 Å². The van der Waals surface area contributed by atoms with Crippen LogP contribution in [-0.2, 0) is 0 Å². The van der Waals surface area contributed by atoms with Crippen LogP contribution in [0.3, 0.4) is 0 Å². The largest absolute Gasteiger partial charge is 0.318 e. The molecule has 0 saturated heterocycles. The Kier molecular flexibility index (Phi) is 12.8. The summed E-state index contributed by atoms with van der Waals surface area (Å²) in [6, 6.07) is 0. The van der Waals surface area contributed by atoms with Crippen LogP contribution in [0.25, 0.3) is 0 Å². The van der Waals surface area contributed by atoms with Crippen molar-refractivity contribution in [1.29, 1.82) is 5.41 Å². The maximum atomic E-state index is 6.43. The molecule has 3 radical (unpaired) electrons. The van der Waals surface area contributed by atoms with Crippen molar-refractivity contribution in [3.05, 3.63) is 0 Å². The van der Waals surface area contributed by atoms with Gasteiger partial charge in [-0.1, -0.05) is 0 Å². The van der Waals surface area contributed by atoms with Crippen LogP contribution in [0.2, 0.25) is 0 Å². The van der Waals surface area contributed by atoms with E-state index in [0.717, 1.165) is 12.9 Å². The van der Waals surface area contributed by atoms with Crippen molar-refractivity contribution < 1.29 is 1.43 Å². The van der Waals surface area contributed by atoms with Crippen LogP contribution >= 0.6 is 0 Å². The Morgan fingerprint density at radius 3 is 2.89 bits per heavy atom. The van der Waals surface area contributed by atoms with E-state index >= 15 is 0 Å². The van der Waals surface area contributed by atoms with Gasteiger partial charge < -0.3 is 5.32 Å². The summed E-state index contributed by atoms with van der Waals surface area (Å²) in [5.41, 5.74) is 0. The van der Waals surface area contributed by atoms with Gasteiger partial charge in [0.2, 0.25) is 0 Å². The van der Waals surface area contributed by atoms with Gasteiger partial charge in [-0.3, -0.25) is 5.41 Å². The third-order valence-electron chi connectivity index (χ3n) is 0.601. The highest BCUT2D eigenvalue weighted by atomic mass is 15.1. The second kappa shape index (κ2) is 10.3. The highest BCUT2D eigenvalue weighted by Crippen LogP contribution is 1.67. The summed E-state index contributed by atoms with van der Waals surface area (Å²) in [4.78, 5) is 0. The summed E-state index contributed by atoms with van der Waals surface area (Å²) in [5.74, 6) is 0. The second-order valence-electron chi connectivity index (χ2n) is 1.21. The van der Waals surface area contributed by atoms with Crippen LogP contribution < -0.4 is 5.32 Å². The molecule has 0 rings (SSSR count). The van der Waals surface area contributed by atoms with Gasteiger partial charge in [0, 0.05) is 16.4 Å². The lowest BCUT2D eigenvalue weighted by molar-refractivity contribution is 0.783. The number of likely N-dealkylation sites (N-methyl/N-ethyl adjacent to an activating group) is 1. The molecule has 4 nitrogen and oxygen atoms in total. The van der Waals surface area contributed by atoms with E-state index in [0.29, 0.717) is 6.54 Å². The van der Waals surface area contributed by atoms with Gasteiger partial charge in [0.1, 0.15) is 6.34 Å². The summed E-state index contributed by atoms with van der Waals surface area (Å²) in [7, 11) is 1.85. The number of azo groups is 1. The quantitative estimate of drug-likeness (QED) is 0.182. The fourth-order valence-corrected chi connectivity index (χ4v) is 0.260. The van der Waals surface area contributed by atoms with E-state index in [1.165, 1.54) is 0 Å². The standard InChI is InChI=1S/C4H10N4.B.H2/c1-6-2-3-7-8-4-5;;/h4-6H,2-3H2,1H3;;1H/i;;1+1. The van der Waals surface area contributed by atoms with E-state index in [4.69, 9.17) is 5.41 Å². The number of nitrogens with one attached hydrogen (secondary N) is 2. The normalized spacial score (nSPS) is 9.00. The molecule has 2 N–H and O–H groups in total. The lowest BCUT2D eigenvalue weighted by Gasteiger charge is -1.86. The van der Waals surface area contributed by atoms with E-state index in [2.05, 4.69) is 15.5 Å². The van der Waals surface area contributed by atoms with E-state index in [-0.39, 0.29) is 9.84 Å². The summed E-state index contributed by atoms with van der Waals surface area (Å²) in [6.45, 7) is 1.46. The molecule has 0 bridgehead atoms. The molecule has 9 heavy (non-hydrogen) atoms. The van der Waals surface area contributed by atoms with Gasteiger partial charge >= 0.3 is 0 Å². The second-order valence-corrected chi connectivity index (χ2v) is 1.21. The van der Waals surface area contributed by atoms with E-state index < -0.39 is 0 Å². The minimum Gasteiger partial charge on any atom is -0.318 e. The van der Waals surface area contributed by atoms with E-state index in [9.17, 15) is 0 Å². The molecule has 0 spiro atoms. The number of nitrogens with zero attached hydrogens (tertiary/aromatic N) is 2. The molecule has 5 heteroatoms. The molecule has 0 aliphatic rings. The minimum atomic E-state index is 0. The average molecular weight is 128 g/mol. The predicted molar refractivity (Wildman–Crippen MR) is 40.3 cm³/mol. The average Bonchev–Trinajstić information content (AvgIpc) is 1.81. The first-order valence-electron chi connectivity index (χ1n) is 2.42. The lowest BCUT2D eigenvalue weighted by atomic mass is 10.7. The first-order chi connectivity index (χ1) is 3.91. The van der Waals surface area contributed by atoms with Crippen molar-refractivity contribution >= 4 is 14.8 Å². The van der Waals surface area contributed by atoms with Gasteiger partial charge in [-0.25, -0.2) is 0 Å². The fraction of sp³-hybridized carbons (Fsp3) is 0.750. The summed E-state index contributed by atoms with van der Waals surface area (Å²) in [6.07, 6.45) is 0.926. The van der Waals surface area contributed by atoms with Gasteiger partial charge in [0.25, 0.3) is 0 Å². The Balaban J connectivity index is -0.000000245. The zero-order chi connectivity index (χ0) is 6.24. The Bertz CT molecular complexity index is 87.3. The van der Waals surface area contributed by atoms with E-state index in [1.807, 2.05) is 7.05 Å². The molecule has 0 amide bonds. The molecule has 0 unspecified atom stereocenters. The molecule has 0 atom stereocenters. The third-order valence-corrected chi connectivity index (χ3v) is 0.601. The predicted octanol–water partition coefficient (Wildman–Crippen LogP) is 0.130. The fourth-order valence-electron chi connectivity index (χ4n) is 0.260. The van der Waals surface area contributed by atoms with Crippen molar-refractivity contribution in [3.8, 4) is 0 Å². The molecule has 0 aliphatic heterocycles. The van der Waals surface area contributed by atoms with Crippen LogP contribution in [-0.4, -0.2) is 34.9 Å². The first kappa shape index (κ1) is 11.1. The van der Waals surface area contributed by atoms with Gasteiger partial charge in [-0.2, -0.15) is 5.11 Å². The van der Waals surface area contributed by atoms with Crippen molar-refractivity contribution in [1.82, 2.24) is 5.32 Å². The van der Waals surface area contributed by atoms with Gasteiger partial charge in [0.15, 0.2) is 0 Å². The van der Waals surface area contributed by atoms with Crippen molar-refractivity contribution in [2.45, 2.75) is 0 Å². The molecular weight excluding hydrogens is 115 g/mol. The topological polar surface area (TPSA) is 60.6 Å². The van der Waals surface area contributed by atoms with Crippen LogP contribution in [0, 0.1) is 5.41 Å². The molecule has 0 aliphatic carbocycles.